The molecule has 1 rings (SSSR count). The van der Waals surface area contributed by atoms with Gasteiger partial charge in [-0.1, -0.05) is 39.0 Å². The average molecular weight is 224 g/mol. The van der Waals surface area contributed by atoms with Crippen molar-refractivity contribution >= 4 is 11.8 Å². The van der Waals surface area contributed by atoms with Gasteiger partial charge >= 0.3 is 0 Å². The summed E-state index contributed by atoms with van der Waals surface area (Å²) in [4.78, 5) is 1.22. The maximum atomic E-state index is 9.88. The van der Waals surface area contributed by atoms with E-state index in [4.69, 9.17) is 0 Å². The minimum absolute atomic E-state index is 0.322. The normalized spacial score (nSPS) is 14.9. The van der Waals surface area contributed by atoms with Crippen LogP contribution in [0.2, 0.25) is 0 Å². The zero-order valence-electron chi connectivity index (χ0n) is 9.73. The Labute approximate surface area is 96.9 Å². The van der Waals surface area contributed by atoms with Crippen molar-refractivity contribution in [3.8, 4) is 0 Å². The van der Waals surface area contributed by atoms with Crippen LogP contribution in [0, 0.1) is 0 Å². The highest BCUT2D eigenvalue weighted by atomic mass is 32.2. The van der Waals surface area contributed by atoms with Crippen molar-refractivity contribution in [1.82, 2.24) is 0 Å². The van der Waals surface area contributed by atoms with Crippen LogP contribution in [0.5, 0.6) is 0 Å². The van der Waals surface area contributed by atoms with Gasteiger partial charge in [-0.15, -0.1) is 11.8 Å². The fraction of sp³-hybridized carbons (Fsp3) is 0.538. The predicted octanol–water partition coefficient (Wildman–Crippen LogP) is 4.02. The lowest BCUT2D eigenvalue weighted by Crippen LogP contribution is -2.00. The van der Waals surface area contributed by atoms with Crippen LogP contribution in [0.4, 0.5) is 0 Å². The number of aliphatic hydroxyl groups excluding tert-OH is 1. The molecule has 84 valence electrons. The molecule has 2 atom stereocenters. The second-order valence-corrected chi connectivity index (χ2v) is 5.28. The van der Waals surface area contributed by atoms with E-state index in [1.165, 1.54) is 4.90 Å². The van der Waals surface area contributed by atoms with Crippen molar-refractivity contribution in [1.29, 1.82) is 0 Å². The third-order valence-corrected chi connectivity index (χ3v) is 3.93. The predicted molar refractivity (Wildman–Crippen MR) is 67.3 cm³/mol. The van der Waals surface area contributed by atoms with Gasteiger partial charge in [0.2, 0.25) is 0 Å². The van der Waals surface area contributed by atoms with E-state index in [2.05, 4.69) is 19.9 Å². The second kappa shape index (κ2) is 6.19. The van der Waals surface area contributed by atoms with Crippen LogP contribution >= 0.6 is 11.8 Å². The molecule has 1 aromatic carbocycles. The maximum absolute atomic E-state index is 9.88. The topological polar surface area (TPSA) is 20.2 Å². The lowest BCUT2D eigenvalue weighted by atomic mass is 10.1. The largest absolute Gasteiger partial charge is 0.388 e. The van der Waals surface area contributed by atoms with E-state index in [0.717, 1.165) is 18.4 Å². The summed E-state index contributed by atoms with van der Waals surface area (Å²) in [7, 11) is 0. The molecule has 1 aromatic rings. The van der Waals surface area contributed by atoms with Gasteiger partial charge < -0.3 is 5.11 Å². The van der Waals surface area contributed by atoms with Gasteiger partial charge in [0.15, 0.2) is 0 Å². The summed E-state index contributed by atoms with van der Waals surface area (Å²) in [5, 5.41) is 10.5. The Morgan fingerprint density at radius 2 is 1.87 bits per heavy atom. The van der Waals surface area contributed by atoms with Gasteiger partial charge in [0.1, 0.15) is 0 Å². The first kappa shape index (κ1) is 12.6. The van der Waals surface area contributed by atoms with Crippen molar-refractivity contribution < 1.29 is 5.11 Å². The molecule has 1 nitrogen and oxygen atoms in total. The molecule has 2 heteroatoms. The number of benzene rings is 1. The Morgan fingerprint density at radius 3 is 2.47 bits per heavy atom. The molecule has 15 heavy (non-hydrogen) atoms. The van der Waals surface area contributed by atoms with Gasteiger partial charge in [-0.05, 0) is 24.5 Å². The molecule has 0 saturated heterocycles. The standard InChI is InChI=1S/C13H20OS/c1-4-10(3)15-13-9-7-6-8-11(13)12(14)5-2/h6-10,12,14H,4-5H2,1-3H3/t10?,12-/m0/s1. The quantitative estimate of drug-likeness (QED) is 0.762. The second-order valence-electron chi connectivity index (χ2n) is 3.80. The molecule has 0 fully saturated rings. The summed E-state index contributed by atoms with van der Waals surface area (Å²) in [6, 6.07) is 8.16. The van der Waals surface area contributed by atoms with Crippen LogP contribution in [-0.4, -0.2) is 10.4 Å². The van der Waals surface area contributed by atoms with Gasteiger partial charge in [0.05, 0.1) is 6.10 Å². The van der Waals surface area contributed by atoms with Crippen molar-refractivity contribution in [2.75, 3.05) is 0 Å². The fourth-order valence-electron chi connectivity index (χ4n) is 1.38. The monoisotopic (exact) mass is 224 g/mol. The van der Waals surface area contributed by atoms with Gasteiger partial charge in [-0.2, -0.15) is 0 Å². The van der Waals surface area contributed by atoms with Crippen LogP contribution in [-0.2, 0) is 0 Å². The molecular formula is C13H20OS. The van der Waals surface area contributed by atoms with Crippen molar-refractivity contribution in [3.05, 3.63) is 29.8 Å². The summed E-state index contributed by atoms with van der Waals surface area (Å²) in [6.45, 7) is 6.42. The van der Waals surface area contributed by atoms with E-state index in [9.17, 15) is 5.11 Å². The molecule has 0 heterocycles. The zero-order valence-corrected chi connectivity index (χ0v) is 10.6. The van der Waals surface area contributed by atoms with Crippen molar-refractivity contribution in [2.24, 2.45) is 0 Å². The molecular weight excluding hydrogens is 204 g/mol. The summed E-state index contributed by atoms with van der Waals surface area (Å²) < 4.78 is 0. The number of rotatable bonds is 5. The smallest absolute Gasteiger partial charge is 0.0798 e. The van der Waals surface area contributed by atoms with Crippen LogP contribution in [0.3, 0.4) is 0 Å². The molecule has 0 aliphatic carbocycles. The van der Waals surface area contributed by atoms with E-state index in [0.29, 0.717) is 5.25 Å². The molecule has 0 aliphatic rings. The first-order valence-electron chi connectivity index (χ1n) is 5.62. The van der Waals surface area contributed by atoms with E-state index in [1.54, 1.807) is 0 Å². The Balaban J connectivity index is 2.86. The van der Waals surface area contributed by atoms with Crippen LogP contribution in [0.15, 0.2) is 29.2 Å². The first-order chi connectivity index (χ1) is 7.19. The minimum Gasteiger partial charge on any atom is -0.388 e. The molecule has 0 aliphatic heterocycles. The lowest BCUT2D eigenvalue weighted by molar-refractivity contribution is 0.171. The van der Waals surface area contributed by atoms with Crippen LogP contribution < -0.4 is 0 Å². The summed E-state index contributed by atoms with van der Waals surface area (Å²) in [5.41, 5.74) is 1.07. The molecule has 0 radical (unpaired) electrons. The van der Waals surface area contributed by atoms with Gasteiger partial charge in [0, 0.05) is 10.1 Å². The molecule has 0 amide bonds. The molecule has 1 unspecified atom stereocenters. The summed E-state index contributed by atoms with van der Waals surface area (Å²) in [5.74, 6) is 0. The highest BCUT2D eigenvalue weighted by molar-refractivity contribution is 8.00. The van der Waals surface area contributed by atoms with E-state index in [1.807, 2.05) is 36.9 Å². The number of aliphatic hydroxyl groups is 1. The number of thioether (sulfide) groups is 1. The molecule has 0 bridgehead atoms. The Bertz CT molecular complexity index is 298. The SMILES string of the molecule is CCC(C)Sc1ccccc1[C@@H](O)CC. The van der Waals surface area contributed by atoms with Crippen molar-refractivity contribution in [3.63, 3.8) is 0 Å². The summed E-state index contributed by atoms with van der Waals surface area (Å²) >= 11 is 1.85. The third kappa shape index (κ3) is 3.54. The van der Waals surface area contributed by atoms with Gasteiger partial charge in [-0.3, -0.25) is 0 Å². The Kier molecular flexibility index (Phi) is 5.20. The highest BCUT2D eigenvalue weighted by Gasteiger charge is 2.11. The van der Waals surface area contributed by atoms with E-state index in [-0.39, 0.29) is 6.10 Å². The third-order valence-electron chi connectivity index (χ3n) is 2.57. The minimum atomic E-state index is -0.322. The van der Waals surface area contributed by atoms with E-state index < -0.39 is 0 Å². The Morgan fingerprint density at radius 1 is 1.20 bits per heavy atom. The highest BCUT2D eigenvalue weighted by Crippen LogP contribution is 2.32. The number of hydrogen-bond donors (Lipinski definition) is 1. The average Bonchev–Trinajstić information content (AvgIpc) is 2.28. The van der Waals surface area contributed by atoms with Gasteiger partial charge in [0.25, 0.3) is 0 Å². The molecule has 0 spiro atoms. The molecule has 1 N–H and O–H groups in total. The van der Waals surface area contributed by atoms with Crippen LogP contribution in [0.25, 0.3) is 0 Å². The van der Waals surface area contributed by atoms with Crippen LogP contribution in [0.1, 0.15) is 45.3 Å². The summed E-state index contributed by atoms with van der Waals surface area (Å²) in [6.07, 6.45) is 1.61. The molecule has 0 saturated carbocycles. The zero-order chi connectivity index (χ0) is 11.3. The lowest BCUT2D eigenvalue weighted by Gasteiger charge is -2.16. The fourth-order valence-corrected chi connectivity index (χ4v) is 2.48. The first-order valence-corrected chi connectivity index (χ1v) is 6.50. The van der Waals surface area contributed by atoms with E-state index >= 15 is 0 Å². The van der Waals surface area contributed by atoms with Gasteiger partial charge in [-0.25, -0.2) is 0 Å². The number of hydrogen-bond acceptors (Lipinski definition) is 2. The Hall–Kier alpha value is -0.470. The molecule has 0 aromatic heterocycles. The van der Waals surface area contributed by atoms with Crippen molar-refractivity contribution in [2.45, 2.75) is 49.9 Å². The maximum Gasteiger partial charge on any atom is 0.0798 e.